The highest BCUT2D eigenvalue weighted by molar-refractivity contribution is 5.80. The third-order valence-corrected chi connectivity index (χ3v) is 2.94. The fourth-order valence-electron chi connectivity index (χ4n) is 1.96. The van der Waals surface area contributed by atoms with E-state index in [4.69, 9.17) is 5.73 Å². The average Bonchev–Trinajstić information content (AvgIpc) is 2.92. The van der Waals surface area contributed by atoms with Crippen molar-refractivity contribution in [3.63, 3.8) is 0 Å². The average molecular weight is 241 g/mol. The van der Waals surface area contributed by atoms with E-state index in [2.05, 4.69) is 23.9 Å². The van der Waals surface area contributed by atoms with Crippen molar-refractivity contribution in [3.8, 4) is 5.82 Å². The number of hydrogen-bond donors (Lipinski definition) is 1. The molecule has 0 amide bonds. The molecule has 0 fully saturated rings. The lowest BCUT2D eigenvalue weighted by Crippen LogP contribution is -2.02. The van der Waals surface area contributed by atoms with Crippen LogP contribution in [0.5, 0.6) is 0 Å². The second kappa shape index (κ2) is 3.87. The number of imidazole rings is 1. The van der Waals surface area contributed by atoms with Crippen molar-refractivity contribution in [2.24, 2.45) is 0 Å². The predicted octanol–water partition coefficient (Wildman–Crippen LogP) is 2.39. The van der Waals surface area contributed by atoms with Crippen molar-refractivity contribution in [1.29, 1.82) is 0 Å². The number of nitrogens with two attached hydrogens (primary N) is 1. The van der Waals surface area contributed by atoms with Gasteiger partial charge in [0.05, 0.1) is 11.0 Å². The lowest BCUT2D eigenvalue weighted by atomic mass is 10.3. The number of hydrogen-bond acceptors (Lipinski definition) is 3. The van der Waals surface area contributed by atoms with Gasteiger partial charge in [-0.2, -0.15) is 5.10 Å². The van der Waals surface area contributed by atoms with Gasteiger partial charge >= 0.3 is 0 Å². The number of benzene rings is 1. The molecule has 0 spiro atoms. The zero-order valence-electron chi connectivity index (χ0n) is 10.4. The molecule has 5 heteroatoms. The first-order valence-electron chi connectivity index (χ1n) is 5.93. The number of fused-ring (bicyclic) bond motifs is 1. The molecule has 0 atom stereocenters. The number of nitrogen functional groups attached to an aromatic ring is 1. The van der Waals surface area contributed by atoms with Gasteiger partial charge in [-0.25, -0.2) is 4.98 Å². The summed E-state index contributed by atoms with van der Waals surface area (Å²) < 4.78 is 3.89. The molecule has 0 saturated carbocycles. The predicted molar refractivity (Wildman–Crippen MR) is 71.7 cm³/mol. The maximum atomic E-state index is 5.75. The first-order chi connectivity index (χ1) is 8.65. The van der Waals surface area contributed by atoms with Gasteiger partial charge in [0.1, 0.15) is 6.33 Å². The van der Waals surface area contributed by atoms with Crippen LogP contribution < -0.4 is 5.73 Å². The maximum Gasteiger partial charge on any atom is 0.160 e. The lowest BCUT2D eigenvalue weighted by molar-refractivity contribution is 0.530. The van der Waals surface area contributed by atoms with Crippen LogP contribution in [0.4, 0.5) is 5.69 Å². The Labute approximate surface area is 105 Å². The quantitative estimate of drug-likeness (QED) is 0.701. The van der Waals surface area contributed by atoms with E-state index in [9.17, 15) is 0 Å². The van der Waals surface area contributed by atoms with Crippen molar-refractivity contribution in [1.82, 2.24) is 19.3 Å². The van der Waals surface area contributed by atoms with Crippen molar-refractivity contribution < 1.29 is 0 Å². The van der Waals surface area contributed by atoms with E-state index in [0.717, 1.165) is 22.5 Å². The Morgan fingerprint density at radius 3 is 2.78 bits per heavy atom. The molecule has 0 saturated heterocycles. The summed E-state index contributed by atoms with van der Waals surface area (Å²) in [6, 6.07) is 8.04. The summed E-state index contributed by atoms with van der Waals surface area (Å²) in [5, 5.41) is 4.53. The number of nitrogens with zero attached hydrogens (tertiary/aromatic N) is 4. The van der Waals surface area contributed by atoms with E-state index >= 15 is 0 Å². The minimum atomic E-state index is 0.351. The van der Waals surface area contributed by atoms with E-state index in [1.54, 1.807) is 6.33 Å². The molecule has 2 aromatic heterocycles. The van der Waals surface area contributed by atoms with Gasteiger partial charge in [0.25, 0.3) is 0 Å². The van der Waals surface area contributed by atoms with Crippen LogP contribution in [0.25, 0.3) is 16.9 Å². The number of aromatic nitrogens is 4. The van der Waals surface area contributed by atoms with Crippen LogP contribution in [0.2, 0.25) is 0 Å². The van der Waals surface area contributed by atoms with Gasteiger partial charge in [0.2, 0.25) is 0 Å². The Morgan fingerprint density at radius 1 is 1.22 bits per heavy atom. The van der Waals surface area contributed by atoms with E-state index in [1.807, 2.05) is 39.7 Å². The van der Waals surface area contributed by atoms with E-state index in [1.165, 1.54) is 0 Å². The van der Waals surface area contributed by atoms with Crippen LogP contribution in [0.15, 0.2) is 36.8 Å². The Bertz CT molecular complexity index is 692. The van der Waals surface area contributed by atoms with Crippen LogP contribution in [-0.4, -0.2) is 19.3 Å². The van der Waals surface area contributed by atoms with Crippen LogP contribution in [-0.2, 0) is 0 Å². The lowest BCUT2D eigenvalue weighted by Gasteiger charge is -2.04. The van der Waals surface area contributed by atoms with Gasteiger partial charge in [0.15, 0.2) is 5.82 Å². The van der Waals surface area contributed by atoms with Gasteiger partial charge in [-0.05, 0) is 32.0 Å². The zero-order valence-corrected chi connectivity index (χ0v) is 10.4. The van der Waals surface area contributed by atoms with E-state index in [-0.39, 0.29) is 0 Å². The van der Waals surface area contributed by atoms with Crippen molar-refractivity contribution in [2.75, 3.05) is 5.73 Å². The maximum absolute atomic E-state index is 5.75. The van der Waals surface area contributed by atoms with E-state index in [0.29, 0.717) is 6.04 Å². The summed E-state index contributed by atoms with van der Waals surface area (Å²) in [7, 11) is 0. The molecule has 2 heterocycles. The van der Waals surface area contributed by atoms with Gasteiger partial charge in [-0.1, -0.05) is 0 Å². The Morgan fingerprint density at radius 2 is 2.06 bits per heavy atom. The monoisotopic (exact) mass is 241 g/mol. The zero-order chi connectivity index (χ0) is 12.7. The smallest absolute Gasteiger partial charge is 0.160 e. The summed E-state index contributed by atoms with van der Waals surface area (Å²) in [4.78, 5) is 4.34. The first kappa shape index (κ1) is 10.8. The largest absolute Gasteiger partial charge is 0.399 e. The molecule has 3 aromatic rings. The minimum Gasteiger partial charge on any atom is -0.399 e. The fourth-order valence-corrected chi connectivity index (χ4v) is 1.96. The normalized spacial score (nSPS) is 11.5. The second-order valence-corrected chi connectivity index (χ2v) is 4.61. The minimum absolute atomic E-state index is 0.351. The summed E-state index contributed by atoms with van der Waals surface area (Å²) in [5.74, 6) is 0.871. The topological polar surface area (TPSA) is 61.7 Å². The molecule has 0 aliphatic rings. The van der Waals surface area contributed by atoms with Crippen LogP contribution >= 0.6 is 0 Å². The number of rotatable bonds is 2. The first-order valence-corrected chi connectivity index (χ1v) is 5.93. The molecule has 0 aliphatic carbocycles. The highest BCUT2D eigenvalue weighted by Crippen LogP contribution is 2.19. The van der Waals surface area contributed by atoms with Crippen molar-refractivity contribution in [2.45, 2.75) is 19.9 Å². The molecule has 0 bridgehead atoms. The second-order valence-electron chi connectivity index (χ2n) is 4.61. The molecular weight excluding hydrogens is 226 g/mol. The van der Waals surface area contributed by atoms with Gasteiger partial charge in [-0.3, -0.25) is 9.25 Å². The van der Waals surface area contributed by atoms with Gasteiger partial charge in [-0.15, -0.1) is 0 Å². The van der Waals surface area contributed by atoms with Crippen molar-refractivity contribution in [3.05, 3.63) is 36.8 Å². The summed E-state index contributed by atoms with van der Waals surface area (Å²) >= 11 is 0. The molecular formula is C13H15N5. The summed E-state index contributed by atoms with van der Waals surface area (Å²) in [5.41, 5.74) is 8.36. The number of anilines is 1. The highest BCUT2D eigenvalue weighted by Gasteiger charge is 2.08. The summed E-state index contributed by atoms with van der Waals surface area (Å²) in [6.07, 6.45) is 3.75. The highest BCUT2D eigenvalue weighted by atomic mass is 15.3. The SMILES string of the molecule is CC(C)n1ccc(-n2cnc3cc(N)ccc32)n1. The van der Waals surface area contributed by atoms with Crippen LogP contribution in [0, 0.1) is 0 Å². The molecule has 3 rings (SSSR count). The molecule has 92 valence electrons. The van der Waals surface area contributed by atoms with Crippen molar-refractivity contribution >= 4 is 16.7 Å². The Balaban J connectivity index is 2.13. The molecule has 2 N–H and O–H groups in total. The van der Waals surface area contributed by atoms with Crippen LogP contribution in [0.1, 0.15) is 19.9 Å². The molecule has 18 heavy (non-hydrogen) atoms. The van der Waals surface area contributed by atoms with E-state index < -0.39 is 0 Å². The Kier molecular flexibility index (Phi) is 2.33. The van der Waals surface area contributed by atoms with Crippen LogP contribution in [0.3, 0.4) is 0 Å². The third-order valence-electron chi connectivity index (χ3n) is 2.94. The molecule has 0 radical (unpaired) electrons. The fraction of sp³-hybridized carbons (Fsp3) is 0.231. The molecule has 1 aromatic carbocycles. The van der Waals surface area contributed by atoms with Gasteiger partial charge < -0.3 is 5.73 Å². The van der Waals surface area contributed by atoms with Gasteiger partial charge in [0, 0.05) is 24.0 Å². The molecule has 5 nitrogen and oxygen atoms in total. The molecule has 0 aliphatic heterocycles. The third kappa shape index (κ3) is 1.64. The molecule has 0 unspecified atom stereocenters. The summed E-state index contributed by atoms with van der Waals surface area (Å²) in [6.45, 7) is 4.20. The Hall–Kier alpha value is -2.30. The standard InChI is InChI=1S/C13H15N5/c1-9(2)18-6-5-13(16-18)17-8-15-11-7-10(14)3-4-12(11)17/h3-9H,14H2,1-2H3.